The highest BCUT2D eigenvalue weighted by molar-refractivity contribution is 5.85. The lowest BCUT2D eigenvalue weighted by Gasteiger charge is -2.23. The van der Waals surface area contributed by atoms with Crippen molar-refractivity contribution in [3.8, 4) is 6.07 Å². The fourth-order valence-electron chi connectivity index (χ4n) is 1.34. The van der Waals surface area contributed by atoms with Gasteiger partial charge in [0.1, 0.15) is 12.6 Å². The fourth-order valence-corrected chi connectivity index (χ4v) is 1.34. The third kappa shape index (κ3) is 5.76. The van der Waals surface area contributed by atoms with Gasteiger partial charge in [0.25, 0.3) is 0 Å². The zero-order chi connectivity index (χ0) is 13.4. The Balaban J connectivity index is 4.61. The molecule has 0 rings (SSSR count). The molecular weight excluding hydrogens is 222 g/mol. The molecule has 0 aliphatic heterocycles. The highest BCUT2D eigenvalue weighted by atomic mass is 16.5. The monoisotopic (exact) mass is 241 g/mol. The van der Waals surface area contributed by atoms with Crippen molar-refractivity contribution in [1.82, 2.24) is 10.2 Å². The molecule has 0 aromatic rings. The predicted molar refractivity (Wildman–Crippen MR) is 62.0 cm³/mol. The SMILES string of the molecule is COC(=O)NC(CC(C)C)C(=O)N(C)CC#N. The summed E-state index contributed by atoms with van der Waals surface area (Å²) in [5.74, 6) is -0.0396. The number of carbonyl (C=O) groups is 2. The number of likely N-dealkylation sites (N-methyl/N-ethyl adjacent to an activating group) is 1. The molecule has 2 amide bonds. The van der Waals surface area contributed by atoms with Gasteiger partial charge in [-0.25, -0.2) is 4.79 Å². The van der Waals surface area contributed by atoms with Crippen molar-refractivity contribution in [1.29, 1.82) is 5.26 Å². The van der Waals surface area contributed by atoms with Gasteiger partial charge in [-0.2, -0.15) is 5.26 Å². The first-order chi connectivity index (χ1) is 7.92. The quantitative estimate of drug-likeness (QED) is 0.720. The number of nitriles is 1. The van der Waals surface area contributed by atoms with E-state index in [0.717, 1.165) is 0 Å². The standard InChI is InChI=1S/C11H19N3O3/c1-8(2)7-9(13-11(16)17-4)10(15)14(3)6-5-12/h8-9H,6-7H2,1-4H3,(H,13,16). The van der Waals surface area contributed by atoms with Crippen LogP contribution in [0.25, 0.3) is 0 Å². The molecule has 0 radical (unpaired) electrons. The third-order valence-corrected chi connectivity index (χ3v) is 2.17. The van der Waals surface area contributed by atoms with Crippen LogP contribution in [0, 0.1) is 17.2 Å². The van der Waals surface area contributed by atoms with Gasteiger partial charge in [-0.05, 0) is 12.3 Å². The molecule has 96 valence electrons. The summed E-state index contributed by atoms with van der Waals surface area (Å²) in [6.45, 7) is 3.89. The Labute approximate surface area is 102 Å². The number of carbonyl (C=O) groups excluding carboxylic acids is 2. The molecule has 17 heavy (non-hydrogen) atoms. The molecule has 0 aromatic carbocycles. The number of alkyl carbamates (subject to hydrolysis) is 1. The second kappa shape index (κ2) is 7.49. The van der Waals surface area contributed by atoms with E-state index in [2.05, 4.69) is 10.1 Å². The van der Waals surface area contributed by atoms with Gasteiger partial charge in [0.15, 0.2) is 0 Å². The molecule has 6 heteroatoms. The van der Waals surface area contributed by atoms with Crippen molar-refractivity contribution < 1.29 is 14.3 Å². The molecule has 1 N–H and O–H groups in total. The van der Waals surface area contributed by atoms with Crippen LogP contribution in [0.3, 0.4) is 0 Å². The smallest absolute Gasteiger partial charge is 0.407 e. The van der Waals surface area contributed by atoms with Gasteiger partial charge >= 0.3 is 6.09 Å². The van der Waals surface area contributed by atoms with Crippen LogP contribution in [0.5, 0.6) is 0 Å². The molecule has 0 aromatic heterocycles. The number of hydrogen-bond acceptors (Lipinski definition) is 4. The second-order valence-electron chi connectivity index (χ2n) is 4.17. The zero-order valence-electron chi connectivity index (χ0n) is 10.7. The second-order valence-corrected chi connectivity index (χ2v) is 4.17. The number of hydrogen-bond donors (Lipinski definition) is 1. The van der Waals surface area contributed by atoms with Crippen LogP contribution < -0.4 is 5.32 Å². The van der Waals surface area contributed by atoms with E-state index in [-0.39, 0.29) is 18.4 Å². The van der Waals surface area contributed by atoms with Crippen LogP contribution in [0.15, 0.2) is 0 Å². The topological polar surface area (TPSA) is 82.4 Å². The van der Waals surface area contributed by atoms with E-state index in [0.29, 0.717) is 6.42 Å². The highest BCUT2D eigenvalue weighted by Crippen LogP contribution is 2.07. The number of nitrogens with zero attached hydrogens (tertiary/aromatic N) is 2. The zero-order valence-corrected chi connectivity index (χ0v) is 10.7. The molecule has 0 saturated carbocycles. The number of methoxy groups -OCH3 is 1. The van der Waals surface area contributed by atoms with E-state index >= 15 is 0 Å². The third-order valence-electron chi connectivity index (χ3n) is 2.17. The molecule has 0 aliphatic rings. The van der Waals surface area contributed by atoms with Gasteiger partial charge in [0.05, 0.1) is 13.2 Å². The lowest BCUT2D eigenvalue weighted by molar-refractivity contribution is -0.131. The van der Waals surface area contributed by atoms with Gasteiger partial charge in [-0.3, -0.25) is 4.79 Å². The lowest BCUT2D eigenvalue weighted by atomic mass is 10.0. The summed E-state index contributed by atoms with van der Waals surface area (Å²) >= 11 is 0. The Bertz CT molecular complexity index is 310. The molecule has 0 saturated heterocycles. The van der Waals surface area contributed by atoms with Crippen molar-refractivity contribution in [3.05, 3.63) is 0 Å². The first-order valence-electron chi connectivity index (χ1n) is 5.38. The van der Waals surface area contributed by atoms with Crippen LogP contribution in [0.4, 0.5) is 4.79 Å². The van der Waals surface area contributed by atoms with Crippen LogP contribution in [0.1, 0.15) is 20.3 Å². The summed E-state index contributed by atoms with van der Waals surface area (Å²) in [4.78, 5) is 24.3. The summed E-state index contributed by atoms with van der Waals surface area (Å²) in [6, 6.07) is 1.23. The lowest BCUT2D eigenvalue weighted by Crippen LogP contribution is -2.48. The summed E-state index contributed by atoms with van der Waals surface area (Å²) in [5, 5.41) is 11.0. The summed E-state index contributed by atoms with van der Waals surface area (Å²) in [6.07, 6.45) is -0.140. The molecule has 0 bridgehead atoms. The van der Waals surface area contributed by atoms with E-state index < -0.39 is 12.1 Å². The maximum atomic E-state index is 11.9. The minimum Gasteiger partial charge on any atom is -0.453 e. The first-order valence-corrected chi connectivity index (χ1v) is 5.38. The maximum Gasteiger partial charge on any atom is 0.407 e. The van der Waals surface area contributed by atoms with E-state index in [1.165, 1.54) is 19.1 Å². The van der Waals surface area contributed by atoms with E-state index in [4.69, 9.17) is 5.26 Å². The van der Waals surface area contributed by atoms with Crippen molar-refractivity contribution in [3.63, 3.8) is 0 Å². The molecule has 1 atom stereocenters. The Hall–Kier alpha value is -1.77. The van der Waals surface area contributed by atoms with Crippen LogP contribution in [-0.4, -0.2) is 43.6 Å². The van der Waals surface area contributed by atoms with E-state index in [1.807, 2.05) is 19.9 Å². The summed E-state index contributed by atoms with van der Waals surface area (Å²) in [5.41, 5.74) is 0. The van der Waals surface area contributed by atoms with Gasteiger partial charge in [0, 0.05) is 7.05 Å². The predicted octanol–water partition coefficient (Wildman–Crippen LogP) is 0.739. The average molecular weight is 241 g/mol. The Morgan fingerprint density at radius 3 is 2.47 bits per heavy atom. The van der Waals surface area contributed by atoms with Crippen LogP contribution in [-0.2, 0) is 9.53 Å². The normalized spacial score (nSPS) is 11.5. The summed E-state index contributed by atoms with van der Waals surface area (Å²) in [7, 11) is 2.77. The van der Waals surface area contributed by atoms with Gasteiger partial charge in [0.2, 0.25) is 5.91 Å². The molecule has 6 nitrogen and oxygen atoms in total. The molecule has 0 spiro atoms. The van der Waals surface area contributed by atoms with E-state index in [9.17, 15) is 9.59 Å². The Morgan fingerprint density at radius 1 is 1.47 bits per heavy atom. The number of ether oxygens (including phenoxy) is 1. The largest absolute Gasteiger partial charge is 0.453 e. The molecular formula is C11H19N3O3. The molecule has 0 heterocycles. The van der Waals surface area contributed by atoms with Crippen molar-refractivity contribution in [2.24, 2.45) is 5.92 Å². The molecule has 0 fully saturated rings. The summed E-state index contributed by atoms with van der Waals surface area (Å²) < 4.78 is 4.47. The van der Waals surface area contributed by atoms with Crippen LogP contribution in [0.2, 0.25) is 0 Å². The minimum absolute atomic E-state index is 0.00369. The fraction of sp³-hybridized carbons (Fsp3) is 0.727. The highest BCUT2D eigenvalue weighted by Gasteiger charge is 2.24. The Kier molecular flexibility index (Phi) is 6.71. The first kappa shape index (κ1) is 15.2. The van der Waals surface area contributed by atoms with Crippen molar-refractivity contribution >= 4 is 12.0 Å². The van der Waals surface area contributed by atoms with E-state index in [1.54, 1.807) is 0 Å². The van der Waals surface area contributed by atoms with Crippen molar-refractivity contribution in [2.75, 3.05) is 20.7 Å². The molecule has 0 aliphatic carbocycles. The van der Waals surface area contributed by atoms with Crippen LogP contribution >= 0.6 is 0 Å². The van der Waals surface area contributed by atoms with Gasteiger partial charge < -0.3 is 15.0 Å². The van der Waals surface area contributed by atoms with Crippen molar-refractivity contribution in [2.45, 2.75) is 26.3 Å². The minimum atomic E-state index is -0.652. The number of nitrogens with one attached hydrogen (secondary N) is 1. The molecule has 1 unspecified atom stereocenters. The average Bonchev–Trinajstić information content (AvgIpc) is 2.26. The van der Waals surface area contributed by atoms with Gasteiger partial charge in [-0.15, -0.1) is 0 Å². The maximum absolute atomic E-state index is 11.9. The Morgan fingerprint density at radius 2 is 2.06 bits per heavy atom. The van der Waals surface area contributed by atoms with Gasteiger partial charge in [-0.1, -0.05) is 13.8 Å². The number of amides is 2. The number of rotatable bonds is 5.